The molecule has 1 aliphatic heterocycles. The second-order valence-electron chi connectivity index (χ2n) is 2.53. The largest absolute Gasteiger partial charge is 0.307 e. The van der Waals surface area contributed by atoms with E-state index in [0.717, 1.165) is 13.0 Å². The molecule has 0 spiro atoms. The third-order valence-electron chi connectivity index (χ3n) is 1.80. The molecule has 58 valence electrons. The summed E-state index contributed by atoms with van der Waals surface area (Å²) in [7, 11) is 0. The van der Waals surface area contributed by atoms with Crippen LogP contribution in [-0.2, 0) is 4.79 Å². The van der Waals surface area contributed by atoms with Crippen molar-refractivity contribution in [2.24, 2.45) is 0 Å². The van der Waals surface area contributed by atoms with Gasteiger partial charge in [-0.3, -0.25) is 4.79 Å². The number of rotatable bonds is 1. The standard InChI is InChI=1S/C7H13NOS/c1-10-7(9)6-4-2-3-5-8-6/h6,8H,2-5H2,1H3. The zero-order valence-corrected chi connectivity index (χ0v) is 7.04. The van der Waals surface area contributed by atoms with Crippen LogP contribution >= 0.6 is 11.8 Å². The molecule has 1 aliphatic rings. The van der Waals surface area contributed by atoms with Gasteiger partial charge in [0.1, 0.15) is 0 Å². The molecule has 2 nitrogen and oxygen atoms in total. The van der Waals surface area contributed by atoms with E-state index in [0.29, 0.717) is 5.12 Å². The van der Waals surface area contributed by atoms with Crippen molar-refractivity contribution < 1.29 is 4.79 Å². The quantitative estimate of drug-likeness (QED) is 0.619. The summed E-state index contributed by atoms with van der Waals surface area (Å²) < 4.78 is 0. The van der Waals surface area contributed by atoms with Gasteiger partial charge in [0.25, 0.3) is 0 Å². The number of hydrogen-bond donors (Lipinski definition) is 1. The Morgan fingerprint density at radius 3 is 2.90 bits per heavy atom. The summed E-state index contributed by atoms with van der Waals surface area (Å²) in [6.07, 6.45) is 5.29. The molecule has 0 amide bonds. The third kappa shape index (κ3) is 1.99. The molecule has 0 radical (unpaired) electrons. The van der Waals surface area contributed by atoms with Crippen molar-refractivity contribution >= 4 is 16.9 Å². The van der Waals surface area contributed by atoms with Crippen LogP contribution in [0.1, 0.15) is 19.3 Å². The van der Waals surface area contributed by atoms with Crippen LogP contribution in [0, 0.1) is 0 Å². The van der Waals surface area contributed by atoms with Gasteiger partial charge in [-0.05, 0) is 25.6 Å². The first kappa shape index (κ1) is 8.08. The Hall–Kier alpha value is -0.0200. The normalized spacial score (nSPS) is 26.3. The Kier molecular flexibility index (Phi) is 3.22. The molecule has 1 fully saturated rings. The van der Waals surface area contributed by atoms with E-state index in [4.69, 9.17) is 0 Å². The van der Waals surface area contributed by atoms with E-state index in [9.17, 15) is 4.79 Å². The number of carbonyl (C=O) groups is 1. The molecule has 0 aromatic heterocycles. The molecule has 0 aromatic rings. The molecule has 1 heterocycles. The predicted octanol–water partition coefficient (Wildman–Crippen LogP) is 1.02. The first-order chi connectivity index (χ1) is 4.84. The average Bonchev–Trinajstić information content (AvgIpc) is 2.05. The van der Waals surface area contributed by atoms with Crippen molar-refractivity contribution in [2.45, 2.75) is 25.3 Å². The molecule has 1 unspecified atom stereocenters. The highest BCUT2D eigenvalue weighted by molar-refractivity contribution is 8.13. The fourth-order valence-electron chi connectivity index (χ4n) is 1.20. The number of thioether (sulfide) groups is 1. The van der Waals surface area contributed by atoms with Crippen molar-refractivity contribution in [3.63, 3.8) is 0 Å². The van der Waals surface area contributed by atoms with E-state index in [-0.39, 0.29) is 6.04 Å². The highest BCUT2D eigenvalue weighted by Crippen LogP contribution is 2.11. The maximum absolute atomic E-state index is 11.1. The molecule has 10 heavy (non-hydrogen) atoms. The first-order valence-electron chi connectivity index (χ1n) is 3.66. The van der Waals surface area contributed by atoms with Gasteiger partial charge in [-0.15, -0.1) is 0 Å². The van der Waals surface area contributed by atoms with Gasteiger partial charge in [-0.1, -0.05) is 18.2 Å². The van der Waals surface area contributed by atoms with E-state index >= 15 is 0 Å². The highest BCUT2D eigenvalue weighted by atomic mass is 32.2. The summed E-state index contributed by atoms with van der Waals surface area (Å²) in [6.45, 7) is 1.01. The van der Waals surface area contributed by atoms with Gasteiger partial charge in [0.05, 0.1) is 6.04 Å². The Labute approximate surface area is 65.8 Å². The number of carbonyl (C=O) groups excluding carboxylic acids is 1. The third-order valence-corrected chi connectivity index (χ3v) is 2.48. The van der Waals surface area contributed by atoms with Gasteiger partial charge in [0.15, 0.2) is 0 Å². The molecule has 0 aromatic carbocycles. The van der Waals surface area contributed by atoms with Crippen LogP contribution in [0.15, 0.2) is 0 Å². The fraction of sp³-hybridized carbons (Fsp3) is 0.857. The van der Waals surface area contributed by atoms with Crippen LogP contribution in [-0.4, -0.2) is 24.0 Å². The number of nitrogens with one attached hydrogen (secondary N) is 1. The summed E-state index contributed by atoms with van der Waals surface area (Å²) in [5.41, 5.74) is 0. The molecule has 1 atom stereocenters. The van der Waals surface area contributed by atoms with Gasteiger partial charge < -0.3 is 5.32 Å². The van der Waals surface area contributed by atoms with E-state index in [2.05, 4.69) is 5.32 Å². The average molecular weight is 159 g/mol. The minimum Gasteiger partial charge on any atom is -0.307 e. The van der Waals surface area contributed by atoms with Crippen molar-refractivity contribution in [1.82, 2.24) is 5.32 Å². The molecule has 0 saturated carbocycles. The lowest BCUT2D eigenvalue weighted by Gasteiger charge is -2.20. The molecular weight excluding hydrogens is 146 g/mol. The number of piperidine rings is 1. The van der Waals surface area contributed by atoms with Crippen LogP contribution in [0.25, 0.3) is 0 Å². The number of hydrogen-bond acceptors (Lipinski definition) is 3. The van der Waals surface area contributed by atoms with Crippen LogP contribution in [0.2, 0.25) is 0 Å². The molecular formula is C7H13NOS. The van der Waals surface area contributed by atoms with Gasteiger partial charge in [-0.25, -0.2) is 0 Å². The minimum absolute atomic E-state index is 0.142. The van der Waals surface area contributed by atoms with Crippen LogP contribution in [0.4, 0.5) is 0 Å². The topological polar surface area (TPSA) is 29.1 Å². The summed E-state index contributed by atoms with van der Waals surface area (Å²) >= 11 is 1.33. The van der Waals surface area contributed by atoms with E-state index < -0.39 is 0 Å². The maximum atomic E-state index is 11.1. The van der Waals surface area contributed by atoms with Crippen LogP contribution in [0.3, 0.4) is 0 Å². The summed E-state index contributed by atoms with van der Waals surface area (Å²) in [4.78, 5) is 11.1. The van der Waals surface area contributed by atoms with Gasteiger partial charge in [0.2, 0.25) is 5.12 Å². The van der Waals surface area contributed by atoms with Crippen LogP contribution < -0.4 is 5.32 Å². The van der Waals surface area contributed by atoms with Crippen LogP contribution in [0.5, 0.6) is 0 Å². The predicted molar refractivity (Wildman–Crippen MR) is 44.2 cm³/mol. The van der Waals surface area contributed by atoms with Gasteiger partial charge >= 0.3 is 0 Å². The summed E-state index contributed by atoms with van der Waals surface area (Å²) in [6, 6.07) is 0.142. The molecule has 1 saturated heterocycles. The smallest absolute Gasteiger partial charge is 0.205 e. The Bertz CT molecular complexity index is 121. The Morgan fingerprint density at radius 1 is 1.60 bits per heavy atom. The lowest BCUT2D eigenvalue weighted by Crippen LogP contribution is -2.38. The molecule has 1 N–H and O–H groups in total. The first-order valence-corrected chi connectivity index (χ1v) is 4.88. The maximum Gasteiger partial charge on any atom is 0.205 e. The molecule has 3 heteroatoms. The zero-order chi connectivity index (χ0) is 7.40. The van der Waals surface area contributed by atoms with E-state index in [1.165, 1.54) is 24.6 Å². The summed E-state index contributed by atoms with van der Waals surface area (Å²) in [5, 5.41) is 3.49. The van der Waals surface area contributed by atoms with Crippen molar-refractivity contribution in [3.05, 3.63) is 0 Å². The molecule has 0 bridgehead atoms. The second kappa shape index (κ2) is 3.98. The van der Waals surface area contributed by atoms with Crippen molar-refractivity contribution in [2.75, 3.05) is 12.8 Å². The highest BCUT2D eigenvalue weighted by Gasteiger charge is 2.18. The Morgan fingerprint density at radius 2 is 2.40 bits per heavy atom. The second-order valence-corrected chi connectivity index (χ2v) is 3.34. The Balaban J connectivity index is 2.31. The van der Waals surface area contributed by atoms with Crippen molar-refractivity contribution in [3.8, 4) is 0 Å². The minimum atomic E-state index is 0.142. The molecule has 0 aliphatic carbocycles. The lowest BCUT2D eigenvalue weighted by molar-refractivity contribution is -0.113. The summed E-state index contributed by atoms with van der Waals surface area (Å²) in [5.74, 6) is 0. The zero-order valence-electron chi connectivity index (χ0n) is 6.22. The monoisotopic (exact) mass is 159 g/mol. The SMILES string of the molecule is CSC(=O)C1CCCCN1. The van der Waals surface area contributed by atoms with Gasteiger partial charge in [-0.2, -0.15) is 0 Å². The van der Waals surface area contributed by atoms with E-state index in [1.807, 2.05) is 6.26 Å². The van der Waals surface area contributed by atoms with Crippen molar-refractivity contribution in [1.29, 1.82) is 0 Å². The fourth-order valence-corrected chi connectivity index (χ4v) is 1.68. The van der Waals surface area contributed by atoms with Gasteiger partial charge in [0, 0.05) is 0 Å². The van der Waals surface area contributed by atoms with E-state index in [1.54, 1.807) is 0 Å². The molecule has 1 rings (SSSR count). The lowest BCUT2D eigenvalue weighted by atomic mass is 10.1.